The summed E-state index contributed by atoms with van der Waals surface area (Å²) in [5.41, 5.74) is 3.26. The van der Waals surface area contributed by atoms with E-state index in [1.807, 2.05) is 25.7 Å². The highest BCUT2D eigenvalue weighted by molar-refractivity contribution is 5.80. The molecule has 2 aromatic rings. The van der Waals surface area contributed by atoms with Gasteiger partial charge in [-0.1, -0.05) is 0 Å². The number of nitrogens with one attached hydrogen (secondary N) is 2. The van der Waals surface area contributed by atoms with Crippen LogP contribution in [-0.2, 0) is 6.54 Å². The van der Waals surface area contributed by atoms with Gasteiger partial charge in [0.1, 0.15) is 17.4 Å². The number of hydrogen-bond acceptors (Lipinski definition) is 4. The Labute approximate surface area is 176 Å². The highest BCUT2D eigenvalue weighted by atomic mass is 19.1. The Kier molecular flexibility index (Phi) is 7.07. The minimum absolute atomic E-state index is 0.105. The molecular weight excluding hydrogens is 388 g/mol. The number of nitrogens with zero attached hydrogens (tertiary/aromatic N) is 3. The summed E-state index contributed by atoms with van der Waals surface area (Å²) in [6.45, 7) is 8.39. The van der Waals surface area contributed by atoms with Crippen molar-refractivity contribution in [3.05, 3.63) is 52.9 Å². The Morgan fingerprint density at radius 3 is 2.83 bits per heavy atom. The van der Waals surface area contributed by atoms with E-state index in [9.17, 15) is 8.78 Å². The zero-order valence-corrected chi connectivity index (χ0v) is 17.9. The van der Waals surface area contributed by atoms with Gasteiger partial charge in [0.05, 0.1) is 25.0 Å². The summed E-state index contributed by atoms with van der Waals surface area (Å²) >= 11 is 0. The number of aliphatic imine (C=N–C) groups is 1. The smallest absolute Gasteiger partial charge is 0.191 e. The summed E-state index contributed by atoms with van der Waals surface area (Å²) in [5.74, 6) is 0.417. The number of pyridine rings is 1. The lowest BCUT2D eigenvalue weighted by Gasteiger charge is -2.21. The van der Waals surface area contributed by atoms with E-state index in [1.165, 1.54) is 12.1 Å². The van der Waals surface area contributed by atoms with Crippen molar-refractivity contribution < 1.29 is 13.5 Å². The highest BCUT2D eigenvalue weighted by Gasteiger charge is 2.25. The zero-order valence-electron chi connectivity index (χ0n) is 17.9. The quantitative estimate of drug-likeness (QED) is 0.558. The number of methoxy groups -OCH3 is 1. The molecule has 3 rings (SSSR count). The average molecular weight is 418 g/mol. The fourth-order valence-corrected chi connectivity index (χ4v) is 3.73. The summed E-state index contributed by atoms with van der Waals surface area (Å²) in [4.78, 5) is 11.1. The van der Waals surface area contributed by atoms with Gasteiger partial charge < -0.3 is 20.3 Å². The van der Waals surface area contributed by atoms with Crippen molar-refractivity contribution in [2.45, 2.75) is 39.8 Å². The van der Waals surface area contributed by atoms with Crippen LogP contribution in [0.1, 0.15) is 30.2 Å². The largest absolute Gasteiger partial charge is 0.496 e. The number of aryl methyl sites for hydroxylation is 1. The first kappa shape index (κ1) is 21.8. The van der Waals surface area contributed by atoms with Crippen molar-refractivity contribution in [3.8, 4) is 5.75 Å². The van der Waals surface area contributed by atoms with E-state index >= 15 is 0 Å². The first-order chi connectivity index (χ1) is 14.4. The van der Waals surface area contributed by atoms with E-state index < -0.39 is 11.6 Å². The Hall–Kier alpha value is -2.90. The van der Waals surface area contributed by atoms with Crippen LogP contribution in [0.4, 0.5) is 14.5 Å². The van der Waals surface area contributed by atoms with Crippen molar-refractivity contribution in [1.29, 1.82) is 0 Å². The SMILES string of the molecule is CCNC(=NCc1ncc(C)c(OC)c1C)NC1CCN(c2ccc(F)cc2F)C1. The Morgan fingerprint density at radius 2 is 2.13 bits per heavy atom. The Balaban J connectivity index is 1.67. The Bertz CT molecular complexity index is 919. The lowest BCUT2D eigenvalue weighted by Crippen LogP contribution is -2.44. The molecule has 0 saturated carbocycles. The summed E-state index contributed by atoms with van der Waals surface area (Å²) in [6.07, 6.45) is 2.62. The maximum atomic E-state index is 14.1. The summed E-state index contributed by atoms with van der Waals surface area (Å²) in [6, 6.07) is 3.81. The third-order valence-electron chi connectivity index (χ3n) is 5.26. The third kappa shape index (κ3) is 4.98. The average Bonchev–Trinajstić information content (AvgIpc) is 3.16. The normalized spacial score (nSPS) is 16.7. The molecule has 30 heavy (non-hydrogen) atoms. The third-order valence-corrected chi connectivity index (χ3v) is 5.26. The number of aromatic nitrogens is 1. The van der Waals surface area contributed by atoms with Gasteiger partial charge >= 0.3 is 0 Å². The van der Waals surface area contributed by atoms with Crippen LogP contribution in [0.15, 0.2) is 29.4 Å². The molecule has 0 amide bonds. The van der Waals surface area contributed by atoms with Gasteiger partial charge in [-0.3, -0.25) is 4.98 Å². The van der Waals surface area contributed by atoms with E-state index in [-0.39, 0.29) is 6.04 Å². The van der Waals surface area contributed by atoms with Crippen molar-refractivity contribution in [3.63, 3.8) is 0 Å². The predicted octanol–water partition coefficient (Wildman–Crippen LogP) is 3.32. The van der Waals surface area contributed by atoms with E-state index in [1.54, 1.807) is 13.3 Å². The van der Waals surface area contributed by atoms with Gasteiger partial charge in [0.2, 0.25) is 0 Å². The molecule has 162 valence electrons. The molecule has 2 heterocycles. The van der Waals surface area contributed by atoms with Gasteiger partial charge in [0, 0.05) is 49.1 Å². The molecule has 0 radical (unpaired) electrons. The van der Waals surface area contributed by atoms with E-state index in [4.69, 9.17) is 4.74 Å². The van der Waals surface area contributed by atoms with E-state index in [0.29, 0.717) is 31.3 Å². The van der Waals surface area contributed by atoms with Gasteiger partial charge in [0.25, 0.3) is 0 Å². The highest BCUT2D eigenvalue weighted by Crippen LogP contribution is 2.25. The monoisotopic (exact) mass is 417 g/mol. The van der Waals surface area contributed by atoms with Crippen LogP contribution in [0.25, 0.3) is 0 Å². The summed E-state index contributed by atoms with van der Waals surface area (Å²) in [5, 5.41) is 6.67. The number of benzene rings is 1. The van der Waals surface area contributed by atoms with Crippen LogP contribution in [0.2, 0.25) is 0 Å². The van der Waals surface area contributed by atoms with Crippen LogP contribution < -0.4 is 20.3 Å². The minimum atomic E-state index is -0.566. The van der Waals surface area contributed by atoms with Crippen LogP contribution in [0, 0.1) is 25.5 Å². The van der Waals surface area contributed by atoms with Crippen molar-refractivity contribution in [2.75, 3.05) is 31.6 Å². The summed E-state index contributed by atoms with van der Waals surface area (Å²) < 4.78 is 32.7. The predicted molar refractivity (Wildman–Crippen MR) is 115 cm³/mol. The molecule has 1 saturated heterocycles. The fraction of sp³-hybridized carbons (Fsp3) is 0.455. The van der Waals surface area contributed by atoms with Crippen LogP contribution >= 0.6 is 0 Å². The lowest BCUT2D eigenvalue weighted by molar-refractivity contribution is 0.407. The van der Waals surface area contributed by atoms with Gasteiger partial charge in [-0.25, -0.2) is 13.8 Å². The van der Waals surface area contributed by atoms with Crippen LogP contribution in [0.5, 0.6) is 5.75 Å². The number of ether oxygens (including phenoxy) is 1. The molecule has 0 bridgehead atoms. The zero-order chi connectivity index (χ0) is 21.7. The first-order valence-electron chi connectivity index (χ1n) is 10.2. The van der Waals surface area contributed by atoms with Crippen LogP contribution in [0.3, 0.4) is 0 Å². The van der Waals surface area contributed by atoms with Gasteiger partial charge in [-0.05, 0) is 39.3 Å². The van der Waals surface area contributed by atoms with Crippen molar-refractivity contribution in [1.82, 2.24) is 15.6 Å². The minimum Gasteiger partial charge on any atom is -0.496 e. The molecule has 8 heteroatoms. The van der Waals surface area contributed by atoms with Gasteiger partial charge in [-0.15, -0.1) is 0 Å². The molecule has 0 aliphatic carbocycles. The number of rotatable bonds is 6. The number of anilines is 1. The molecule has 1 atom stereocenters. The first-order valence-corrected chi connectivity index (χ1v) is 10.2. The molecular formula is C22H29F2N5O. The Morgan fingerprint density at radius 1 is 1.33 bits per heavy atom. The molecule has 0 spiro atoms. The van der Waals surface area contributed by atoms with Gasteiger partial charge in [0.15, 0.2) is 5.96 Å². The molecule has 1 fully saturated rings. The molecule has 1 aliphatic rings. The second kappa shape index (κ2) is 9.73. The van der Waals surface area contributed by atoms with Crippen molar-refractivity contribution >= 4 is 11.6 Å². The molecule has 1 unspecified atom stereocenters. The standard InChI is InChI=1S/C22H29F2N5O/c1-5-25-22(27-12-19-15(3)21(30-4)14(2)11-26-19)28-17-8-9-29(13-17)20-7-6-16(23)10-18(20)24/h6-7,10-11,17H,5,8-9,12-13H2,1-4H3,(H2,25,27,28). The topological polar surface area (TPSA) is 61.8 Å². The molecule has 1 aliphatic heterocycles. The number of halogens is 2. The fourth-order valence-electron chi connectivity index (χ4n) is 3.73. The molecule has 2 N–H and O–H groups in total. The lowest BCUT2D eigenvalue weighted by atomic mass is 10.1. The maximum Gasteiger partial charge on any atom is 0.191 e. The molecule has 6 nitrogen and oxygen atoms in total. The van der Waals surface area contributed by atoms with Gasteiger partial charge in [-0.2, -0.15) is 0 Å². The van der Waals surface area contributed by atoms with Crippen molar-refractivity contribution in [2.24, 2.45) is 4.99 Å². The van der Waals surface area contributed by atoms with E-state index in [0.717, 1.165) is 41.6 Å². The van der Waals surface area contributed by atoms with Crippen LogP contribution in [-0.4, -0.2) is 43.7 Å². The molecule has 1 aromatic heterocycles. The van der Waals surface area contributed by atoms with E-state index in [2.05, 4.69) is 20.6 Å². The number of guanidine groups is 1. The maximum absolute atomic E-state index is 14.1. The second-order valence-electron chi connectivity index (χ2n) is 7.41. The second-order valence-corrected chi connectivity index (χ2v) is 7.41. The number of hydrogen-bond donors (Lipinski definition) is 2. The summed E-state index contributed by atoms with van der Waals surface area (Å²) in [7, 11) is 1.66. The molecule has 1 aromatic carbocycles.